The molecule has 0 spiro atoms. The fourth-order valence-corrected chi connectivity index (χ4v) is 10.7. The zero-order valence-electron chi connectivity index (χ0n) is 46.4. The first kappa shape index (κ1) is 56.2. The summed E-state index contributed by atoms with van der Waals surface area (Å²) in [6, 6.07) is 38.2. The number of nitrogens with zero attached hydrogens (tertiary/aromatic N) is 7. The number of phenols is 1. The zero-order chi connectivity index (χ0) is 58.6. The van der Waals surface area contributed by atoms with Crippen LogP contribution < -0.4 is 19.5 Å². The summed E-state index contributed by atoms with van der Waals surface area (Å²) in [5, 5.41) is 15.0. The first-order chi connectivity index (χ1) is 40.6. The number of hydrogen-bond donors (Lipinski definition) is 2. The Bertz CT molecular complexity index is 3740. The Morgan fingerprint density at radius 1 is 0.560 bits per heavy atom. The van der Waals surface area contributed by atoms with Crippen LogP contribution in [0.2, 0.25) is 0 Å². The monoisotopic (exact) mass is 1140 g/mol. The number of aromatic hydroxyl groups is 1. The average molecular weight is 1140 g/mol. The van der Waals surface area contributed by atoms with E-state index in [0.29, 0.717) is 53.6 Å². The highest BCUT2D eigenvalue weighted by Gasteiger charge is 2.40. The van der Waals surface area contributed by atoms with E-state index in [9.17, 15) is 37.9 Å². The number of carbonyl (C=O) groups excluding carboxylic acids is 5. The highest BCUT2D eigenvalue weighted by Crippen LogP contribution is 2.48. The topological polar surface area (TPSA) is 197 Å². The Morgan fingerprint density at radius 2 is 1.00 bits per heavy atom. The number of pyridine rings is 2. The molecule has 5 amide bonds. The van der Waals surface area contributed by atoms with Gasteiger partial charge in [0.05, 0.1) is 24.2 Å². The predicted octanol–water partition coefficient (Wildman–Crippen LogP) is 10.4. The first-order valence-electron chi connectivity index (χ1n) is 27.6. The van der Waals surface area contributed by atoms with Crippen molar-refractivity contribution in [3.05, 3.63) is 202 Å². The maximum Gasteiger partial charge on any atom is 0.415 e. The summed E-state index contributed by atoms with van der Waals surface area (Å²) in [4.78, 5) is 83.7. The molecule has 84 heavy (non-hydrogen) atoms. The zero-order valence-corrected chi connectivity index (χ0v) is 46.4. The molecular formula is C64H60F2N8O10. The van der Waals surface area contributed by atoms with Crippen molar-refractivity contribution in [1.82, 2.24) is 39.8 Å². The lowest BCUT2D eigenvalue weighted by molar-refractivity contribution is 0.0154. The van der Waals surface area contributed by atoms with E-state index in [-0.39, 0.29) is 110 Å². The molecule has 4 aliphatic heterocycles. The fourth-order valence-electron chi connectivity index (χ4n) is 10.7. The van der Waals surface area contributed by atoms with Crippen LogP contribution in [0.1, 0.15) is 81.0 Å². The van der Waals surface area contributed by atoms with E-state index in [1.54, 1.807) is 69.4 Å². The molecule has 0 radical (unpaired) electrons. The van der Waals surface area contributed by atoms with Gasteiger partial charge in [0, 0.05) is 99.7 Å². The van der Waals surface area contributed by atoms with Crippen LogP contribution in [0.3, 0.4) is 0 Å². The van der Waals surface area contributed by atoms with Crippen molar-refractivity contribution in [3.63, 3.8) is 0 Å². The Hall–Kier alpha value is -9.69. The highest BCUT2D eigenvalue weighted by atomic mass is 19.1. The van der Waals surface area contributed by atoms with Gasteiger partial charge in [-0.25, -0.2) is 23.2 Å². The Kier molecular flexibility index (Phi) is 16.1. The van der Waals surface area contributed by atoms with Crippen LogP contribution >= 0.6 is 0 Å². The first-order valence-corrected chi connectivity index (χ1v) is 27.6. The molecule has 2 fully saturated rings. The number of phenolic OH excluding ortho intramolecular Hbond substituents is 1. The number of carbonyl (C=O) groups is 5. The van der Waals surface area contributed by atoms with Crippen LogP contribution in [0.4, 0.5) is 23.2 Å². The van der Waals surface area contributed by atoms with E-state index in [1.807, 2.05) is 81.4 Å². The van der Waals surface area contributed by atoms with Crippen molar-refractivity contribution in [2.45, 2.75) is 58.7 Å². The SMILES string of the molecule is CC(C)(C)OC(=O)N1CCN(C(=O)Oc2c3c(c(OC(c4ccccc4)c4ccccc4)c4ncccc24)C(=O)N(Cc2ccc(F)cc2)C3)CC1.O=C(Oc1c2c(c(O)c3ncccc13)C(=O)N(Cc1ccc(F)cc1)C2)N1CCNCC1. The Balaban J connectivity index is 0.000000196. The molecule has 0 bridgehead atoms. The predicted molar refractivity (Wildman–Crippen MR) is 306 cm³/mol. The second-order valence-electron chi connectivity index (χ2n) is 21.7. The van der Waals surface area contributed by atoms with Crippen molar-refractivity contribution >= 4 is 51.9 Å². The number of amides is 5. The molecule has 0 saturated carbocycles. The molecule has 2 saturated heterocycles. The number of halogens is 2. The van der Waals surface area contributed by atoms with E-state index in [0.717, 1.165) is 22.3 Å². The number of piperazine rings is 2. The van der Waals surface area contributed by atoms with Gasteiger partial charge in [0.25, 0.3) is 11.8 Å². The third-order valence-corrected chi connectivity index (χ3v) is 14.8. The second-order valence-corrected chi connectivity index (χ2v) is 21.7. The Morgan fingerprint density at radius 3 is 1.50 bits per heavy atom. The van der Waals surface area contributed by atoms with E-state index in [1.165, 1.54) is 40.3 Å². The molecule has 12 rings (SSSR count). The molecular weight excluding hydrogens is 1080 g/mol. The van der Waals surface area contributed by atoms with Crippen molar-refractivity contribution in [3.8, 4) is 23.0 Å². The fraction of sp³-hybridized carbons (Fsp3) is 0.266. The van der Waals surface area contributed by atoms with Gasteiger partial charge in [0.1, 0.15) is 45.9 Å². The van der Waals surface area contributed by atoms with Gasteiger partial charge in [-0.05, 0) is 91.6 Å². The second kappa shape index (κ2) is 24.0. The summed E-state index contributed by atoms with van der Waals surface area (Å²) >= 11 is 0. The molecule has 0 aliphatic carbocycles. The van der Waals surface area contributed by atoms with Crippen molar-refractivity contribution < 1.29 is 56.8 Å². The van der Waals surface area contributed by atoms with E-state index in [2.05, 4.69) is 10.3 Å². The maximum absolute atomic E-state index is 14.5. The summed E-state index contributed by atoms with van der Waals surface area (Å²) < 4.78 is 51.5. The summed E-state index contributed by atoms with van der Waals surface area (Å²) in [6.07, 6.45) is 0.973. The normalized spacial score (nSPS) is 15.0. The van der Waals surface area contributed by atoms with Crippen LogP contribution in [0.15, 0.2) is 146 Å². The minimum atomic E-state index is -0.636. The smallest absolute Gasteiger partial charge is 0.415 e. The van der Waals surface area contributed by atoms with Gasteiger partial charge in [0.2, 0.25) is 0 Å². The average Bonchev–Trinajstić information content (AvgIpc) is 2.31. The molecule has 20 heteroatoms. The number of hydrogen-bond acceptors (Lipinski definition) is 13. The lowest BCUT2D eigenvalue weighted by Crippen LogP contribution is -2.52. The van der Waals surface area contributed by atoms with Crippen LogP contribution in [0.25, 0.3) is 21.8 Å². The van der Waals surface area contributed by atoms with E-state index in [4.69, 9.17) is 23.9 Å². The molecule has 18 nitrogen and oxygen atoms in total. The number of ether oxygens (including phenoxy) is 4. The van der Waals surface area contributed by atoms with Gasteiger partial charge in [-0.3, -0.25) is 19.6 Å². The van der Waals surface area contributed by atoms with Crippen LogP contribution in [-0.2, 0) is 30.9 Å². The molecule has 6 heterocycles. The largest absolute Gasteiger partial charge is 0.505 e. The molecule has 0 atom stereocenters. The van der Waals surface area contributed by atoms with Gasteiger partial charge >= 0.3 is 18.3 Å². The molecule has 6 aromatic carbocycles. The minimum absolute atomic E-state index is 0.0847. The number of benzene rings is 6. The van der Waals surface area contributed by atoms with Crippen LogP contribution in [0, 0.1) is 11.6 Å². The standard InChI is InChI=1S/C41H39FN4O6.C23H21FN4O4/c1-41(2,3)52-40(49)45-23-21-44(22-24-45)39(48)51-36-31-15-10-20-43-34(31)37(50-35(28-11-6-4-7-12-28)29-13-8-5-9-14-29)33-32(36)26-46(38(33)47)25-27-16-18-30(42)19-17-27;24-15-5-3-14(4-6-15)12-28-13-17-18(22(28)30)20(29)19-16(2-1-7-26-19)21(17)32-23(31)27-10-8-25-9-11-27/h4-20,35H,21-26H2,1-3H3;1-7,25,29H,8-13H2. The summed E-state index contributed by atoms with van der Waals surface area (Å²) in [6.45, 7) is 9.52. The number of nitrogens with one attached hydrogen (secondary N) is 1. The van der Waals surface area contributed by atoms with Crippen LogP contribution in [0.5, 0.6) is 23.0 Å². The quantitative estimate of drug-likeness (QED) is 0.131. The molecule has 0 unspecified atom stereocenters. The summed E-state index contributed by atoms with van der Waals surface area (Å²) in [5.41, 5.74) is 4.44. The van der Waals surface area contributed by atoms with Gasteiger partial charge in [-0.2, -0.15) is 0 Å². The van der Waals surface area contributed by atoms with E-state index < -0.39 is 35.9 Å². The highest BCUT2D eigenvalue weighted by molar-refractivity contribution is 6.10. The van der Waals surface area contributed by atoms with E-state index >= 15 is 0 Å². The van der Waals surface area contributed by atoms with Gasteiger partial charge in [0.15, 0.2) is 11.5 Å². The maximum atomic E-state index is 14.5. The lowest BCUT2D eigenvalue weighted by atomic mass is 9.99. The van der Waals surface area contributed by atoms with Gasteiger partial charge in [-0.15, -0.1) is 0 Å². The van der Waals surface area contributed by atoms with Crippen molar-refractivity contribution in [2.75, 3.05) is 52.4 Å². The summed E-state index contributed by atoms with van der Waals surface area (Å²) in [7, 11) is 0. The summed E-state index contributed by atoms with van der Waals surface area (Å²) in [5.74, 6) is -0.956. The van der Waals surface area contributed by atoms with Gasteiger partial charge in [-0.1, -0.05) is 84.9 Å². The van der Waals surface area contributed by atoms with Crippen LogP contribution in [-0.4, -0.2) is 128 Å². The third kappa shape index (κ3) is 12.0. The molecule has 8 aromatic rings. The molecule has 430 valence electrons. The molecule has 2 N–H and O–H groups in total. The Labute approximate surface area is 482 Å². The number of rotatable bonds is 10. The van der Waals surface area contributed by atoms with Gasteiger partial charge < -0.3 is 53.9 Å². The van der Waals surface area contributed by atoms with Crippen molar-refractivity contribution in [1.29, 1.82) is 0 Å². The number of aromatic nitrogens is 2. The minimum Gasteiger partial charge on any atom is -0.505 e. The third-order valence-electron chi connectivity index (χ3n) is 14.8. The molecule has 2 aromatic heterocycles. The lowest BCUT2D eigenvalue weighted by Gasteiger charge is -2.35. The van der Waals surface area contributed by atoms with Crippen molar-refractivity contribution in [2.24, 2.45) is 0 Å². The molecule has 4 aliphatic rings. The number of fused-ring (bicyclic) bond motifs is 4.